The van der Waals surface area contributed by atoms with Gasteiger partial charge in [-0.1, -0.05) is 18.2 Å². The van der Waals surface area contributed by atoms with Gasteiger partial charge in [0.2, 0.25) is 11.8 Å². The van der Waals surface area contributed by atoms with Crippen LogP contribution in [0.2, 0.25) is 0 Å². The lowest BCUT2D eigenvalue weighted by Crippen LogP contribution is -2.55. The van der Waals surface area contributed by atoms with Gasteiger partial charge in [0.15, 0.2) is 0 Å². The van der Waals surface area contributed by atoms with Crippen molar-refractivity contribution in [2.75, 3.05) is 39.8 Å². The maximum Gasteiger partial charge on any atom is 0.237 e. The van der Waals surface area contributed by atoms with Gasteiger partial charge in [0.25, 0.3) is 0 Å². The Morgan fingerprint density at radius 1 is 1.19 bits per heavy atom. The maximum absolute atomic E-state index is 12.3. The number of carbonyl (C=O) groups is 2. The predicted octanol–water partition coefficient (Wildman–Crippen LogP) is 0.596. The van der Waals surface area contributed by atoms with E-state index in [1.807, 2.05) is 31.2 Å². The largest absolute Gasteiger partial charge is 0.496 e. The average Bonchev–Trinajstić information content (AvgIpc) is 3.50. The van der Waals surface area contributed by atoms with Gasteiger partial charge in [-0.15, -0.1) is 0 Å². The molecule has 1 atom stereocenters. The molecule has 1 heterocycles. The summed E-state index contributed by atoms with van der Waals surface area (Å²) in [5.41, 5.74) is 0.966. The average molecular weight is 374 g/mol. The molecule has 2 N–H and O–H groups in total. The number of benzene rings is 1. The summed E-state index contributed by atoms with van der Waals surface area (Å²) in [5.74, 6) is 0.916. The molecule has 2 amide bonds. The van der Waals surface area contributed by atoms with Crippen molar-refractivity contribution in [3.63, 3.8) is 0 Å². The van der Waals surface area contributed by atoms with E-state index >= 15 is 0 Å². The summed E-state index contributed by atoms with van der Waals surface area (Å²) >= 11 is 0. The number of methoxy groups -OCH3 is 1. The van der Waals surface area contributed by atoms with Crippen LogP contribution in [-0.4, -0.2) is 73.5 Å². The lowest BCUT2D eigenvalue weighted by molar-refractivity contribution is -0.128. The normalized spacial score (nSPS) is 19.3. The van der Waals surface area contributed by atoms with Gasteiger partial charge >= 0.3 is 0 Å². The van der Waals surface area contributed by atoms with Crippen molar-refractivity contribution in [2.45, 2.75) is 38.4 Å². The van der Waals surface area contributed by atoms with Gasteiger partial charge in [0, 0.05) is 44.3 Å². The number of carbonyl (C=O) groups excluding carboxylic acids is 2. The number of hydrogen-bond acceptors (Lipinski definition) is 5. The Balaban J connectivity index is 1.38. The van der Waals surface area contributed by atoms with Gasteiger partial charge in [-0.25, -0.2) is 0 Å². The third-order valence-corrected chi connectivity index (χ3v) is 5.29. The number of rotatable bonds is 8. The number of ether oxygens (including phenoxy) is 1. The van der Waals surface area contributed by atoms with Crippen molar-refractivity contribution < 1.29 is 14.3 Å². The number of amides is 2. The molecule has 2 fully saturated rings. The molecule has 0 spiro atoms. The zero-order valence-corrected chi connectivity index (χ0v) is 16.2. The smallest absolute Gasteiger partial charge is 0.237 e. The van der Waals surface area contributed by atoms with E-state index in [-0.39, 0.29) is 17.9 Å². The van der Waals surface area contributed by atoms with Crippen LogP contribution in [0.3, 0.4) is 0 Å². The fraction of sp³-hybridized carbons (Fsp3) is 0.600. The Bertz CT molecular complexity index is 654. The first-order valence-electron chi connectivity index (χ1n) is 9.72. The van der Waals surface area contributed by atoms with Crippen LogP contribution in [-0.2, 0) is 16.1 Å². The molecule has 1 saturated carbocycles. The molecule has 7 heteroatoms. The van der Waals surface area contributed by atoms with Crippen molar-refractivity contribution in [1.29, 1.82) is 0 Å². The zero-order chi connectivity index (χ0) is 19.2. The lowest BCUT2D eigenvalue weighted by Gasteiger charge is -2.37. The van der Waals surface area contributed by atoms with Crippen molar-refractivity contribution in [3.8, 4) is 5.75 Å². The highest BCUT2D eigenvalue weighted by atomic mass is 16.5. The van der Waals surface area contributed by atoms with Crippen LogP contribution >= 0.6 is 0 Å². The van der Waals surface area contributed by atoms with E-state index in [4.69, 9.17) is 4.74 Å². The molecular weight excluding hydrogens is 344 g/mol. The van der Waals surface area contributed by atoms with E-state index in [1.165, 1.54) is 0 Å². The minimum absolute atomic E-state index is 0.00822. The summed E-state index contributed by atoms with van der Waals surface area (Å²) in [7, 11) is 1.63. The molecule has 7 nitrogen and oxygen atoms in total. The van der Waals surface area contributed by atoms with Crippen LogP contribution in [0.1, 0.15) is 25.3 Å². The molecule has 1 aliphatic heterocycles. The first-order valence-corrected chi connectivity index (χ1v) is 9.72. The minimum Gasteiger partial charge on any atom is -0.496 e. The van der Waals surface area contributed by atoms with Crippen LogP contribution in [0.4, 0.5) is 0 Å². The second-order valence-electron chi connectivity index (χ2n) is 7.36. The fourth-order valence-electron chi connectivity index (χ4n) is 3.33. The lowest BCUT2D eigenvalue weighted by atomic mass is 10.2. The van der Waals surface area contributed by atoms with E-state index in [2.05, 4.69) is 20.4 Å². The van der Waals surface area contributed by atoms with Gasteiger partial charge in [-0.3, -0.25) is 19.4 Å². The molecule has 1 aromatic rings. The predicted molar refractivity (Wildman–Crippen MR) is 103 cm³/mol. The van der Waals surface area contributed by atoms with E-state index in [9.17, 15) is 9.59 Å². The quantitative estimate of drug-likeness (QED) is 0.697. The zero-order valence-electron chi connectivity index (χ0n) is 16.2. The Morgan fingerprint density at radius 2 is 1.89 bits per heavy atom. The fourth-order valence-corrected chi connectivity index (χ4v) is 3.33. The molecular formula is C20H30N4O3. The molecule has 0 aromatic heterocycles. The summed E-state index contributed by atoms with van der Waals surface area (Å²) in [4.78, 5) is 28.8. The van der Waals surface area contributed by atoms with E-state index in [1.54, 1.807) is 7.11 Å². The summed E-state index contributed by atoms with van der Waals surface area (Å²) in [6, 6.07) is 7.98. The van der Waals surface area contributed by atoms with Crippen LogP contribution < -0.4 is 15.4 Å². The summed E-state index contributed by atoms with van der Waals surface area (Å²) in [6.07, 6.45) is 2.21. The highest BCUT2D eigenvalue weighted by molar-refractivity contribution is 5.82. The maximum atomic E-state index is 12.3. The van der Waals surface area contributed by atoms with Gasteiger partial charge in [0.1, 0.15) is 5.75 Å². The van der Waals surface area contributed by atoms with E-state index in [0.717, 1.165) is 50.3 Å². The first-order chi connectivity index (χ1) is 13.1. The van der Waals surface area contributed by atoms with E-state index in [0.29, 0.717) is 19.1 Å². The second kappa shape index (κ2) is 9.19. The van der Waals surface area contributed by atoms with Crippen LogP contribution in [0.5, 0.6) is 5.75 Å². The minimum atomic E-state index is -0.105. The standard InChI is InChI=1S/C20H30N4O3/c1-15(20(26)22-17-7-8-17)24-11-9-23(10-12-24)14-19(25)21-13-16-5-3-4-6-18(16)27-2/h3-6,15,17H,7-14H2,1-2H3,(H,21,25)(H,22,26). The topological polar surface area (TPSA) is 73.9 Å². The van der Waals surface area contributed by atoms with Gasteiger partial charge in [-0.05, 0) is 25.8 Å². The summed E-state index contributed by atoms with van der Waals surface area (Å²) in [5, 5.41) is 6.03. The van der Waals surface area contributed by atoms with Gasteiger partial charge in [0.05, 0.1) is 19.7 Å². The molecule has 148 valence electrons. The van der Waals surface area contributed by atoms with Crippen molar-refractivity contribution in [3.05, 3.63) is 29.8 Å². The Labute approximate surface area is 161 Å². The second-order valence-corrected chi connectivity index (χ2v) is 7.36. The van der Waals surface area contributed by atoms with E-state index < -0.39 is 0 Å². The Hall–Kier alpha value is -2.12. The van der Waals surface area contributed by atoms with Crippen molar-refractivity contribution in [1.82, 2.24) is 20.4 Å². The number of hydrogen-bond donors (Lipinski definition) is 2. The van der Waals surface area contributed by atoms with Crippen LogP contribution in [0, 0.1) is 0 Å². The highest BCUT2D eigenvalue weighted by Crippen LogP contribution is 2.19. The monoisotopic (exact) mass is 374 g/mol. The third kappa shape index (κ3) is 5.68. The first kappa shape index (κ1) is 19.6. The molecule has 0 radical (unpaired) electrons. The third-order valence-electron chi connectivity index (χ3n) is 5.29. The van der Waals surface area contributed by atoms with Gasteiger partial charge in [-0.2, -0.15) is 0 Å². The molecule has 3 rings (SSSR count). The number of nitrogens with one attached hydrogen (secondary N) is 2. The molecule has 1 aliphatic carbocycles. The van der Waals surface area contributed by atoms with Crippen LogP contribution in [0.25, 0.3) is 0 Å². The molecule has 1 unspecified atom stereocenters. The van der Waals surface area contributed by atoms with Crippen LogP contribution in [0.15, 0.2) is 24.3 Å². The summed E-state index contributed by atoms with van der Waals surface area (Å²) < 4.78 is 5.31. The highest BCUT2D eigenvalue weighted by Gasteiger charge is 2.30. The SMILES string of the molecule is COc1ccccc1CNC(=O)CN1CCN(C(C)C(=O)NC2CC2)CC1. The van der Waals surface area contributed by atoms with Crippen molar-refractivity contribution in [2.24, 2.45) is 0 Å². The van der Waals surface area contributed by atoms with Crippen molar-refractivity contribution >= 4 is 11.8 Å². The Morgan fingerprint density at radius 3 is 2.56 bits per heavy atom. The van der Waals surface area contributed by atoms with Gasteiger partial charge < -0.3 is 15.4 Å². The summed E-state index contributed by atoms with van der Waals surface area (Å²) in [6.45, 7) is 6.00. The molecule has 1 saturated heterocycles. The number of nitrogens with zero attached hydrogens (tertiary/aromatic N) is 2. The number of para-hydroxylation sites is 1. The molecule has 1 aromatic carbocycles. The number of piperazine rings is 1. The molecule has 27 heavy (non-hydrogen) atoms. The Kier molecular flexibility index (Phi) is 6.68. The molecule has 2 aliphatic rings. The molecule has 0 bridgehead atoms.